The highest BCUT2D eigenvalue weighted by atomic mass is 32.2. The molecule has 0 aliphatic heterocycles. The first kappa shape index (κ1) is 21.0. The molecule has 7 heteroatoms. The molecule has 0 heterocycles. The second-order valence-corrected chi connectivity index (χ2v) is 6.64. The van der Waals surface area contributed by atoms with E-state index < -0.39 is 12.0 Å². The van der Waals surface area contributed by atoms with Gasteiger partial charge in [0.1, 0.15) is 6.04 Å². The smallest absolute Gasteiger partial charge is 0.328 e. The van der Waals surface area contributed by atoms with Gasteiger partial charge in [-0.15, -0.1) is 0 Å². The largest absolute Gasteiger partial charge is 0.467 e. The molecule has 0 aromatic heterocycles. The SMILES string of the molecule is COC(=O)[C@H](CCSC)NC(=O)CCCNC(=O)c1ccc(C)cc1. The van der Waals surface area contributed by atoms with E-state index in [1.54, 1.807) is 23.9 Å². The van der Waals surface area contributed by atoms with Crippen LogP contribution in [0.5, 0.6) is 0 Å². The summed E-state index contributed by atoms with van der Waals surface area (Å²) in [6.07, 6.45) is 3.21. The molecule has 138 valence electrons. The van der Waals surface area contributed by atoms with Crippen LogP contribution < -0.4 is 10.6 Å². The lowest BCUT2D eigenvalue weighted by Crippen LogP contribution is -2.42. The van der Waals surface area contributed by atoms with Crippen LogP contribution in [-0.4, -0.2) is 49.5 Å². The molecule has 0 aliphatic rings. The summed E-state index contributed by atoms with van der Waals surface area (Å²) in [6.45, 7) is 2.36. The van der Waals surface area contributed by atoms with E-state index in [1.807, 2.05) is 25.3 Å². The van der Waals surface area contributed by atoms with E-state index in [0.717, 1.165) is 11.3 Å². The lowest BCUT2D eigenvalue weighted by atomic mass is 10.1. The van der Waals surface area contributed by atoms with Crippen LogP contribution in [0.25, 0.3) is 0 Å². The Hall–Kier alpha value is -2.02. The molecule has 1 atom stereocenters. The minimum absolute atomic E-state index is 0.159. The molecule has 0 bridgehead atoms. The normalized spacial score (nSPS) is 11.5. The number of hydrogen-bond acceptors (Lipinski definition) is 5. The van der Waals surface area contributed by atoms with Crippen molar-refractivity contribution < 1.29 is 19.1 Å². The predicted octanol–water partition coefficient (Wildman–Crippen LogP) is 1.92. The second kappa shape index (κ2) is 11.5. The van der Waals surface area contributed by atoms with Gasteiger partial charge in [0.15, 0.2) is 0 Å². The van der Waals surface area contributed by atoms with E-state index >= 15 is 0 Å². The van der Waals surface area contributed by atoms with E-state index in [1.165, 1.54) is 7.11 Å². The number of amides is 2. The Morgan fingerprint density at radius 3 is 2.48 bits per heavy atom. The average Bonchev–Trinajstić information content (AvgIpc) is 2.61. The number of thioether (sulfide) groups is 1. The van der Waals surface area contributed by atoms with Gasteiger partial charge in [0.05, 0.1) is 7.11 Å². The summed E-state index contributed by atoms with van der Waals surface area (Å²) in [5, 5.41) is 5.47. The molecular formula is C18H26N2O4S. The highest BCUT2D eigenvalue weighted by molar-refractivity contribution is 7.98. The number of ether oxygens (including phenoxy) is 1. The fourth-order valence-corrected chi connectivity index (χ4v) is 2.62. The molecule has 0 fully saturated rings. The quantitative estimate of drug-likeness (QED) is 0.488. The maximum atomic E-state index is 12.0. The third kappa shape index (κ3) is 8.07. The molecule has 0 unspecified atom stereocenters. The molecule has 0 radical (unpaired) electrons. The van der Waals surface area contributed by atoms with Gasteiger partial charge in [-0.05, 0) is 43.9 Å². The Morgan fingerprint density at radius 1 is 1.20 bits per heavy atom. The maximum Gasteiger partial charge on any atom is 0.328 e. The molecule has 6 nitrogen and oxygen atoms in total. The van der Waals surface area contributed by atoms with Crippen molar-refractivity contribution >= 4 is 29.5 Å². The van der Waals surface area contributed by atoms with Crippen LogP contribution in [-0.2, 0) is 14.3 Å². The molecule has 2 amide bonds. The molecule has 25 heavy (non-hydrogen) atoms. The summed E-state index contributed by atoms with van der Waals surface area (Å²) in [4.78, 5) is 35.6. The van der Waals surface area contributed by atoms with Crippen LogP contribution in [0.15, 0.2) is 24.3 Å². The van der Waals surface area contributed by atoms with Crippen molar-refractivity contribution in [1.29, 1.82) is 0 Å². The molecule has 0 spiro atoms. The van der Waals surface area contributed by atoms with Crippen LogP contribution in [0, 0.1) is 6.92 Å². The zero-order valence-electron chi connectivity index (χ0n) is 15.0. The molecule has 1 aromatic carbocycles. The van der Waals surface area contributed by atoms with Gasteiger partial charge in [-0.2, -0.15) is 11.8 Å². The first-order valence-electron chi connectivity index (χ1n) is 8.19. The zero-order chi connectivity index (χ0) is 18.7. The first-order valence-corrected chi connectivity index (χ1v) is 9.58. The summed E-state index contributed by atoms with van der Waals surface area (Å²) in [6, 6.07) is 6.68. The fraction of sp³-hybridized carbons (Fsp3) is 0.500. The van der Waals surface area contributed by atoms with Gasteiger partial charge in [-0.3, -0.25) is 9.59 Å². The molecule has 1 rings (SSSR count). The number of methoxy groups -OCH3 is 1. The molecule has 1 aromatic rings. The fourth-order valence-electron chi connectivity index (χ4n) is 2.15. The minimum atomic E-state index is -0.618. The number of hydrogen-bond donors (Lipinski definition) is 2. The number of rotatable bonds is 10. The average molecular weight is 366 g/mol. The topological polar surface area (TPSA) is 84.5 Å². The summed E-state index contributed by atoms with van der Waals surface area (Å²) < 4.78 is 4.70. The standard InChI is InChI=1S/C18H26N2O4S/c1-13-6-8-14(9-7-13)17(22)19-11-4-5-16(21)20-15(10-12-25-3)18(23)24-2/h6-9,15H,4-5,10-12H2,1-3H3,(H,19,22)(H,20,21)/t15-/m0/s1. The van der Waals surface area contributed by atoms with Crippen molar-refractivity contribution in [2.24, 2.45) is 0 Å². The Balaban J connectivity index is 2.32. The lowest BCUT2D eigenvalue weighted by Gasteiger charge is -2.16. The summed E-state index contributed by atoms with van der Waals surface area (Å²) in [5.41, 5.74) is 1.69. The summed E-state index contributed by atoms with van der Waals surface area (Å²) in [7, 11) is 1.31. The van der Waals surface area contributed by atoms with Gasteiger partial charge >= 0.3 is 5.97 Å². The molecule has 2 N–H and O–H groups in total. The van der Waals surface area contributed by atoms with Crippen molar-refractivity contribution in [2.75, 3.05) is 25.7 Å². The third-order valence-electron chi connectivity index (χ3n) is 3.61. The lowest BCUT2D eigenvalue weighted by molar-refractivity contribution is -0.145. The molecular weight excluding hydrogens is 340 g/mol. The number of esters is 1. The highest BCUT2D eigenvalue weighted by Crippen LogP contribution is 2.04. The van der Waals surface area contributed by atoms with Crippen LogP contribution >= 0.6 is 11.8 Å². The van der Waals surface area contributed by atoms with E-state index in [4.69, 9.17) is 4.74 Å². The Bertz CT molecular complexity index is 575. The van der Waals surface area contributed by atoms with E-state index in [2.05, 4.69) is 10.6 Å². The molecule has 0 saturated heterocycles. The number of aryl methyl sites for hydroxylation is 1. The van der Waals surface area contributed by atoms with E-state index in [-0.39, 0.29) is 18.2 Å². The Kier molecular flexibility index (Phi) is 9.69. The van der Waals surface area contributed by atoms with E-state index in [9.17, 15) is 14.4 Å². The first-order chi connectivity index (χ1) is 12.0. The molecule has 0 saturated carbocycles. The van der Waals surface area contributed by atoms with Crippen molar-refractivity contribution in [1.82, 2.24) is 10.6 Å². The highest BCUT2D eigenvalue weighted by Gasteiger charge is 2.20. The van der Waals surface area contributed by atoms with Crippen LogP contribution in [0.2, 0.25) is 0 Å². The predicted molar refractivity (Wildman–Crippen MR) is 99.7 cm³/mol. The van der Waals surface area contributed by atoms with Crippen molar-refractivity contribution in [3.05, 3.63) is 35.4 Å². The van der Waals surface area contributed by atoms with Gasteiger partial charge in [0.2, 0.25) is 5.91 Å². The zero-order valence-corrected chi connectivity index (χ0v) is 15.8. The number of benzene rings is 1. The monoisotopic (exact) mass is 366 g/mol. The minimum Gasteiger partial charge on any atom is -0.467 e. The van der Waals surface area contributed by atoms with Crippen LogP contribution in [0.3, 0.4) is 0 Å². The van der Waals surface area contributed by atoms with E-state index in [0.29, 0.717) is 24.9 Å². The summed E-state index contributed by atoms with van der Waals surface area (Å²) in [5.74, 6) is -0.0592. The van der Waals surface area contributed by atoms with Crippen molar-refractivity contribution in [3.63, 3.8) is 0 Å². The Labute approximate surface area is 153 Å². The van der Waals surface area contributed by atoms with Gasteiger partial charge in [0, 0.05) is 18.5 Å². The Morgan fingerprint density at radius 2 is 1.88 bits per heavy atom. The second-order valence-electron chi connectivity index (χ2n) is 5.65. The van der Waals surface area contributed by atoms with Gasteiger partial charge in [-0.25, -0.2) is 4.79 Å². The molecule has 0 aliphatic carbocycles. The van der Waals surface area contributed by atoms with Gasteiger partial charge in [-0.1, -0.05) is 17.7 Å². The van der Waals surface area contributed by atoms with Crippen LogP contribution in [0.1, 0.15) is 35.2 Å². The third-order valence-corrected chi connectivity index (χ3v) is 4.26. The van der Waals surface area contributed by atoms with Gasteiger partial charge < -0.3 is 15.4 Å². The number of carbonyl (C=O) groups is 3. The number of nitrogens with one attached hydrogen (secondary N) is 2. The van der Waals surface area contributed by atoms with Crippen molar-refractivity contribution in [3.8, 4) is 0 Å². The number of carbonyl (C=O) groups excluding carboxylic acids is 3. The summed E-state index contributed by atoms with van der Waals surface area (Å²) >= 11 is 1.60. The van der Waals surface area contributed by atoms with Crippen molar-refractivity contribution in [2.45, 2.75) is 32.2 Å². The van der Waals surface area contributed by atoms with Gasteiger partial charge in [0.25, 0.3) is 5.91 Å². The van der Waals surface area contributed by atoms with Crippen LogP contribution in [0.4, 0.5) is 0 Å². The maximum absolute atomic E-state index is 12.0.